The number of benzene rings is 2. The number of amides is 1. The van der Waals surface area contributed by atoms with Crippen LogP contribution in [0.3, 0.4) is 0 Å². The van der Waals surface area contributed by atoms with E-state index in [1.54, 1.807) is 0 Å². The van der Waals surface area contributed by atoms with Gasteiger partial charge in [-0.15, -0.1) is 5.10 Å². The molecule has 0 saturated heterocycles. The highest BCUT2D eigenvalue weighted by Gasteiger charge is 2.28. The molecule has 2 aromatic carbocycles. The number of rotatable bonds is 6. The van der Waals surface area contributed by atoms with Crippen LogP contribution in [0.2, 0.25) is 0 Å². The van der Waals surface area contributed by atoms with E-state index in [1.807, 2.05) is 53.2 Å². The molecule has 1 aliphatic rings. The Kier molecular flexibility index (Phi) is 4.66. The molecule has 8 heteroatoms. The summed E-state index contributed by atoms with van der Waals surface area (Å²) in [5.74, 6) is 0.649. The Bertz CT molecular complexity index is 919. The van der Waals surface area contributed by atoms with E-state index in [1.165, 1.54) is 0 Å². The van der Waals surface area contributed by atoms with Crippen molar-refractivity contribution in [1.29, 1.82) is 0 Å². The lowest BCUT2D eigenvalue weighted by Gasteiger charge is -2.09. The molecule has 1 heterocycles. The van der Waals surface area contributed by atoms with Gasteiger partial charge in [-0.2, -0.15) is 0 Å². The van der Waals surface area contributed by atoms with E-state index in [0.717, 1.165) is 40.1 Å². The molecule has 4 rings (SSSR count). The zero-order valence-electron chi connectivity index (χ0n) is 13.9. The van der Waals surface area contributed by atoms with Gasteiger partial charge in [0.05, 0.1) is 12.6 Å². The average molecular weight is 413 g/mol. The minimum absolute atomic E-state index is 0.111. The topological polar surface area (TPSA) is 84.7 Å². The van der Waals surface area contributed by atoms with Crippen molar-refractivity contribution in [1.82, 2.24) is 20.2 Å². The molecule has 0 atom stereocenters. The first kappa shape index (κ1) is 16.7. The number of hydrogen-bond acceptors (Lipinski definition) is 5. The first-order valence-corrected chi connectivity index (χ1v) is 9.16. The number of aromatic nitrogens is 4. The SMILES string of the molecule is O=C(CNc1cccc(-c2nnnn2C2CC2)c1)Nc1ccc(Br)cc1. The molecule has 1 aromatic heterocycles. The van der Waals surface area contributed by atoms with Crippen LogP contribution in [-0.2, 0) is 4.79 Å². The van der Waals surface area contributed by atoms with Crippen molar-refractivity contribution in [2.75, 3.05) is 17.2 Å². The van der Waals surface area contributed by atoms with Crippen LogP contribution in [0, 0.1) is 0 Å². The van der Waals surface area contributed by atoms with E-state index < -0.39 is 0 Å². The van der Waals surface area contributed by atoms with Crippen LogP contribution < -0.4 is 10.6 Å². The van der Waals surface area contributed by atoms with Crippen molar-refractivity contribution in [3.63, 3.8) is 0 Å². The van der Waals surface area contributed by atoms with Gasteiger partial charge in [0.1, 0.15) is 0 Å². The molecule has 3 aromatic rings. The lowest BCUT2D eigenvalue weighted by molar-refractivity contribution is -0.114. The molecule has 0 spiro atoms. The summed E-state index contributed by atoms with van der Waals surface area (Å²) in [5.41, 5.74) is 2.54. The fourth-order valence-corrected chi connectivity index (χ4v) is 2.90. The number of halogens is 1. The van der Waals surface area contributed by atoms with Crippen molar-refractivity contribution >= 4 is 33.2 Å². The maximum Gasteiger partial charge on any atom is 0.243 e. The third-order valence-electron chi connectivity index (χ3n) is 4.09. The highest BCUT2D eigenvalue weighted by Crippen LogP contribution is 2.36. The molecular formula is C18H17BrN6O. The molecule has 2 N–H and O–H groups in total. The van der Waals surface area contributed by atoms with Gasteiger partial charge < -0.3 is 10.6 Å². The fraction of sp³-hybridized carbons (Fsp3) is 0.222. The second-order valence-corrected chi connectivity index (χ2v) is 7.08. The van der Waals surface area contributed by atoms with E-state index in [-0.39, 0.29) is 12.5 Å². The van der Waals surface area contributed by atoms with Crippen LogP contribution in [0.25, 0.3) is 11.4 Å². The summed E-state index contributed by atoms with van der Waals surface area (Å²) >= 11 is 3.37. The fourth-order valence-electron chi connectivity index (χ4n) is 2.64. The largest absolute Gasteiger partial charge is 0.376 e. The van der Waals surface area contributed by atoms with Crippen molar-refractivity contribution in [2.45, 2.75) is 18.9 Å². The minimum atomic E-state index is -0.111. The summed E-state index contributed by atoms with van der Waals surface area (Å²) in [6.45, 7) is 0.174. The standard InChI is InChI=1S/C18H17BrN6O/c19-13-4-6-14(7-5-13)21-17(26)11-20-15-3-1-2-12(10-15)18-22-23-24-25(18)16-8-9-16/h1-7,10,16,20H,8-9,11H2,(H,21,26). The number of nitrogens with zero attached hydrogens (tertiary/aromatic N) is 4. The first-order chi connectivity index (χ1) is 12.7. The monoisotopic (exact) mass is 412 g/mol. The minimum Gasteiger partial charge on any atom is -0.376 e. The molecule has 1 amide bonds. The van der Waals surface area contributed by atoms with Crippen molar-refractivity contribution in [3.05, 3.63) is 53.0 Å². The average Bonchev–Trinajstić information content (AvgIpc) is 3.38. The van der Waals surface area contributed by atoms with Gasteiger partial charge in [0, 0.05) is 21.4 Å². The molecule has 0 unspecified atom stereocenters. The van der Waals surface area contributed by atoms with Gasteiger partial charge in [0.15, 0.2) is 5.82 Å². The van der Waals surface area contributed by atoms with Crippen LogP contribution in [0.5, 0.6) is 0 Å². The molecule has 1 fully saturated rings. The molecule has 0 aliphatic heterocycles. The highest BCUT2D eigenvalue weighted by molar-refractivity contribution is 9.10. The quantitative estimate of drug-likeness (QED) is 0.647. The first-order valence-electron chi connectivity index (χ1n) is 8.36. The summed E-state index contributed by atoms with van der Waals surface area (Å²) in [5, 5.41) is 18.0. The summed E-state index contributed by atoms with van der Waals surface area (Å²) < 4.78 is 2.85. The number of nitrogens with one attached hydrogen (secondary N) is 2. The lowest BCUT2D eigenvalue weighted by atomic mass is 10.2. The van der Waals surface area contributed by atoms with Crippen molar-refractivity contribution < 1.29 is 4.79 Å². The van der Waals surface area contributed by atoms with E-state index in [9.17, 15) is 4.79 Å². The predicted molar refractivity (Wildman–Crippen MR) is 103 cm³/mol. The van der Waals surface area contributed by atoms with E-state index in [2.05, 4.69) is 42.1 Å². The number of carbonyl (C=O) groups excluding carboxylic acids is 1. The van der Waals surface area contributed by atoms with Crippen LogP contribution in [0.1, 0.15) is 18.9 Å². The summed E-state index contributed by atoms with van der Waals surface area (Å²) in [6, 6.07) is 15.6. The van der Waals surface area contributed by atoms with Gasteiger partial charge >= 0.3 is 0 Å². The van der Waals surface area contributed by atoms with Gasteiger partial charge in [-0.3, -0.25) is 4.79 Å². The van der Waals surface area contributed by atoms with Gasteiger partial charge in [0.25, 0.3) is 0 Å². The third kappa shape index (κ3) is 3.91. The van der Waals surface area contributed by atoms with E-state index >= 15 is 0 Å². The molecule has 0 radical (unpaired) electrons. The molecule has 0 bridgehead atoms. The normalized spacial score (nSPS) is 13.4. The van der Waals surface area contributed by atoms with Gasteiger partial charge in [-0.25, -0.2) is 4.68 Å². The molecule has 1 saturated carbocycles. The lowest BCUT2D eigenvalue weighted by Crippen LogP contribution is -2.21. The zero-order chi connectivity index (χ0) is 17.9. The summed E-state index contributed by atoms with van der Waals surface area (Å²) in [6.07, 6.45) is 2.23. The van der Waals surface area contributed by atoms with Gasteiger partial charge in [-0.1, -0.05) is 28.1 Å². The number of carbonyl (C=O) groups is 1. The van der Waals surface area contributed by atoms with Crippen LogP contribution >= 0.6 is 15.9 Å². The second-order valence-electron chi connectivity index (χ2n) is 6.17. The zero-order valence-corrected chi connectivity index (χ0v) is 15.5. The second kappa shape index (κ2) is 7.25. The Hall–Kier alpha value is -2.74. The maximum absolute atomic E-state index is 12.1. The van der Waals surface area contributed by atoms with Gasteiger partial charge in [0.2, 0.25) is 5.91 Å². The van der Waals surface area contributed by atoms with Crippen LogP contribution in [0.15, 0.2) is 53.0 Å². The Labute approximate surface area is 158 Å². The summed E-state index contributed by atoms with van der Waals surface area (Å²) in [7, 11) is 0. The molecule has 132 valence electrons. The Morgan fingerprint density at radius 1 is 1.15 bits per heavy atom. The highest BCUT2D eigenvalue weighted by atomic mass is 79.9. The third-order valence-corrected chi connectivity index (χ3v) is 4.62. The van der Waals surface area contributed by atoms with Crippen molar-refractivity contribution in [2.24, 2.45) is 0 Å². The smallest absolute Gasteiger partial charge is 0.243 e. The number of hydrogen-bond donors (Lipinski definition) is 2. The van der Waals surface area contributed by atoms with E-state index in [0.29, 0.717) is 6.04 Å². The number of tetrazole rings is 1. The van der Waals surface area contributed by atoms with Gasteiger partial charge in [-0.05, 0) is 59.7 Å². The van der Waals surface area contributed by atoms with E-state index in [4.69, 9.17) is 0 Å². The Morgan fingerprint density at radius 3 is 2.73 bits per heavy atom. The Balaban J connectivity index is 1.40. The Morgan fingerprint density at radius 2 is 1.96 bits per heavy atom. The predicted octanol–water partition coefficient (Wildman–Crippen LogP) is 3.49. The van der Waals surface area contributed by atoms with Crippen LogP contribution in [0.4, 0.5) is 11.4 Å². The van der Waals surface area contributed by atoms with Crippen LogP contribution in [-0.4, -0.2) is 32.7 Å². The molecule has 7 nitrogen and oxygen atoms in total. The van der Waals surface area contributed by atoms with Crippen molar-refractivity contribution in [3.8, 4) is 11.4 Å². The number of anilines is 2. The summed E-state index contributed by atoms with van der Waals surface area (Å²) in [4.78, 5) is 12.1. The maximum atomic E-state index is 12.1. The molecule has 26 heavy (non-hydrogen) atoms. The molecule has 1 aliphatic carbocycles. The molecular weight excluding hydrogens is 396 g/mol.